The van der Waals surface area contributed by atoms with Crippen LogP contribution in [-0.2, 0) is 0 Å². The van der Waals surface area contributed by atoms with Gasteiger partial charge < -0.3 is 15.7 Å². The van der Waals surface area contributed by atoms with Gasteiger partial charge in [0.2, 0.25) is 0 Å². The molecule has 20 heavy (non-hydrogen) atoms. The first kappa shape index (κ1) is 14.7. The monoisotopic (exact) mass is 284 g/mol. The second-order valence-electron chi connectivity index (χ2n) is 5.18. The Hall–Kier alpha value is -1.69. The third kappa shape index (κ3) is 4.45. The average molecular weight is 284 g/mol. The van der Waals surface area contributed by atoms with Crippen LogP contribution in [0.3, 0.4) is 0 Å². The molecule has 0 heterocycles. The zero-order valence-electron chi connectivity index (χ0n) is 11.0. The quantitative estimate of drug-likeness (QED) is 0.799. The molecular formula is C14H18F2N2O2. The highest BCUT2D eigenvalue weighted by molar-refractivity contribution is 5.89. The summed E-state index contributed by atoms with van der Waals surface area (Å²) >= 11 is 0. The first-order valence-corrected chi connectivity index (χ1v) is 6.72. The zero-order chi connectivity index (χ0) is 14.5. The minimum Gasteiger partial charge on any atom is -0.393 e. The molecular weight excluding hydrogens is 266 g/mol. The van der Waals surface area contributed by atoms with E-state index in [0.717, 1.165) is 37.5 Å². The van der Waals surface area contributed by atoms with Crippen LogP contribution >= 0.6 is 0 Å². The number of halogens is 2. The number of carbonyl (C=O) groups is 1. The number of benzene rings is 1. The van der Waals surface area contributed by atoms with Crippen LogP contribution < -0.4 is 10.6 Å². The lowest BCUT2D eigenvalue weighted by atomic mass is 9.87. The molecule has 0 spiro atoms. The third-order valence-electron chi connectivity index (χ3n) is 3.43. The molecule has 1 aromatic rings. The number of rotatable bonds is 3. The molecule has 0 aliphatic heterocycles. The molecule has 2 amide bonds. The molecule has 1 aliphatic carbocycles. The maximum atomic E-state index is 13.0. The second-order valence-corrected chi connectivity index (χ2v) is 5.18. The Kier molecular flexibility index (Phi) is 4.89. The van der Waals surface area contributed by atoms with Crippen molar-refractivity contribution in [1.29, 1.82) is 0 Å². The number of hydrogen-bond donors (Lipinski definition) is 3. The second kappa shape index (κ2) is 6.65. The summed E-state index contributed by atoms with van der Waals surface area (Å²) in [5.41, 5.74) is 0.0729. The highest BCUT2D eigenvalue weighted by Gasteiger charge is 2.20. The molecule has 0 radical (unpaired) electrons. The van der Waals surface area contributed by atoms with E-state index in [-0.39, 0.29) is 17.7 Å². The fourth-order valence-electron chi connectivity index (χ4n) is 2.49. The molecule has 0 saturated heterocycles. The summed E-state index contributed by atoms with van der Waals surface area (Å²) in [6.07, 6.45) is 3.10. The highest BCUT2D eigenvalue weighted by Crippen LogP contribution is 2.23. The Bertz CT molecular complexity index is 462. The van der Waals surface area contributed by atoms with E-state index in [4.69, 9.17) is 0 Å². The molecule has 3 N–H and O–H groups in total. The maximum absolute atomic E-state index is 13.0. The van der Waals surface area contributed by atoms with Gasteiger partial charge in [0, 0.05) is 18.3 Å². The Morgan fingerprint density at radius 2 is 1.95 bits per heavy atom. The van der Waals surface area contributed by atoms with Crippen LogP contribution in [0.4, 0.5) is 19.3 Å². The predicted molar refractivity (Wildman–Crippen MR) is 71.3 cm³/mol. The number of amides is 2. The van der Waals surface area contributed by atoms with Gasteiger partial charge in [-0.05, 0) is 37.3 Å². The standard InChI is InChI=1S/C14H18F2N2O2/c15-10-5-11(16)7-12(6-10)18-14(20)17-8-9-2-1-3-13(19)4-9/h5-7,9,13,19H,1-4,8H2,(H2,17,18,20). The van der Waals surface area contributed by atoms with E-state index in [1.807, 2.05) is 0 Å². The van der Waals surface area contributed by atoms with Crippen molar-refractivity contribution in [2.75, 3.05) is 11.9 Å². The van der Waals surface area contributed by atoms with Gasteiger partial charge in [0.15, 0.2) is 0 Å². The lowest BCUT2D eigenvalue weighted by Gasteiger charge is -2.25. The molecule has 2 rings (SSSR count). The summed E-state index contributed by atoms with van der Waals surface area (Å²) in [4.78, 5) is 11.6. The van der Waals surface area contributed by atoms with Crippen molar-refractivity contribution in [1.82, 2.24) is 5.32 Å². The van der Waals surface area contributed by atoms with Crippen molar-refractivity contribution in [3.05, 3.63) is 29.8 Å². The predicted octanol–water partition coefficient (Wildman–Crippen LogP) is 2.64. The van der Waals surface area contributed by atoms with Crippen molar-refractivity contribution in [2.24, 2.45) is 5.92 Å². The Labute approximate surface area is 116 Å². The van der Waals surface area contributed by atoms with Crippen molar-refractivity contribution in [2.45, 2.75) is 31.8 Å². The first-order valence-electron chi connectivity index (χ1n) is 6.72. The van der Waals surface area contributed by atoms with Gasteiger partial charge in [0.1, 0.15) is 11.6 Å². The molecule has 4 nitrogen and oxygen atoms in total. The van der Waals surface area contributed by atoms with Crippen LogP contribution in [0.5, 0.6) is 0 Å². The zero-order valence-corrected chi connectivity index (χ0v) is 11.0. The van der Waals surface area contributed by atoms with Gasteiger partial charge >= 0.3 is 6.03 Å². The molecule has 1 aromatic carbocycles. The summed E-state index contributed by atoms with van der Waals surface area (Å²) in [7, 11) is 0. The number of hydrogen-bond acceptors (Lipinski definition) is 2. The highest BCUT2D eigenvalue weighted by atomic mass is 19.1. The van der Waals surface area contributed by atoms with Crippen LogP contribution in [0, 0.1) is 17.6 Å². The van der Waals surface area contributed by atoms with Crippen molar-refractivity contribution < 1.29 is 18.7 Å². The number of urea groups is 1. The van der Waals surface area contributed by atoms with Crippen LogP contribution in [0.25, 0.3) is 0 Å². The number of aliphatic hydroxyl groups is 1. The van der Waals surface area contributed by atoms with Crippen molar-refractivity contribution in [3.8, 4) is 0 Å². The van der Waals surface area contributed by atoms with Gasteiger partial charge in [-0.15, -0.1) is 0 Å². The lowest BCUT2D eigenvalue weighted by Crippen LogP contribution is -2.35. The Morgan fingerprint density at radius 3 is 2.60 bits per heavy atom. The molecule has 0 aromatic heterocycles. The molecule has 6 heteroatoms. The van der Waals surface area contributed by atoms with Crippen LogP contribution in [0.1, 0.15) is 25.7 Å². The van der Waals surface area contributed by atoms with Crippen molar-refractivity contribution in [3.63, 3.8) is 0 Å². The third-order valence-corrected chi connectivity index (χ3v) is 3.43. The minimum atomic E-state index is -0.740. The van der Waals surface area contributed by atoms with Crippen molar-refractivity contribution >= 4 is 11.7 Å². The topological polar surface area (TPSA) is 61.4 Å². The Morgan fingerprint density at radius 1 is 1.25 bits per heavy atom. The molecule has 110 valence electrons. The summed E-state index contributed by atoms with van der Waals surface area (Å²) < 4.78 is 25.9. The molecule has 2 atom stereocenters. The first-order chi connectivity index (χ1) is 9.52. The van der Waals surface area contributed by atoms with E-state index < -0.39 is 17.7 Å². The molecule has 0 bridgehead atoms. The number of nitrogens with one attached hydrogen (secondary N) is 2. The number of aliphatic hydroxyl groups excluding tert-OH is 1. The van der Waals surface area contributed by atoms with E-state index in [0.29, 0.717) is 13.0 Å². The van der Waals surface area contributed by atoms with E-state index in [9.17, 15) is 18.7 Å². The minimum absolute atomic E-state index is 0.0729. The van der Waals surface area contributed by atoms with E-state index >= 15 is 0 Å². The van der Waals surface area contributed by atoms with Gasteiger partial charge in [-0.1, -0.05) is 6.42 Å². The largest absolute Gasteiger partial charge is 0.393 e. The smallest absolute Gasteiger partial charge is 0.319 e. The van der Waals surface area contributed by atoms with Crippen LogP contribution in [0.2, 0.25) is 0 Å². The molecule has 1 aliphatic rings. The van der Waals surface area contributed by atoms with Gasteiger partial charge in [-0.2, -0.15) is 0 Å². The maximum Gasteiger partial charge on any atom is 0.319 e. The Balaban J connectivity index is 1.80. The normalized spacial score (nSPS) is 22.4. The molecule has 1 saturated carbocycles. The fraction of sp³-hybridized carbons (Fsp3) is 0.500. The van der Waals surface area contributed by atoms with Crippen LogP contribution in [0.15, 0.2) is 18.2 Å². The molecule has 1 fully saturated rings. The van der Waals surface area contributed by atoms with Gasteiger partial charge in [-0.3, -0.25) is 0 Å². The van der Waals surface area contributed by atoms with Crippen LogP contribution in [-0.4, -0.2) is 23.8 Å². The fourth-order valence-corrected chi connectivity index (χ4v) is 2.49. The van der Waals surface area contributed by atoms with Gasteiger partial charge in [-0.25, -0.2) is 13.6 Å². The number of carbonyl (C=O) groups excluding carboxylic acids is 1. The summed E-state index contributed by atoms with van der Waals surface area (Å²) in [5.74, 6) is -1.24. The lowest BCUT2D eigenvalue weighted by molar-refractivity contribution is 0.101. The van der Waals surface area contributed by atoms with Gasteiger partial charge in [0.25, 0.3) is 0 Å². The summed E-state index contributed by atoms with van der Waals surface area (Å²) in [6, 6.07) is 2.34. The van der Waals surface area contributed by atoms with E-state index in [1.165, 1.54) is 0 Å². The average Bonchev–Trinajstić information content (AvgIpc) is 2.35. The summed E-state index contributed by atoms with van der Waals surface area (Å²) in [5, 5.41) is 14.6. The van der Waals surface area contributed by atoms with Gasteiger partial charge in [0.05, 0.1) is 6.10 Å². The van der Waals surface area contributed by atoms with E-state index in [1.54, 1.807) is 0 Å². The number of anilines is 1. The summed E-state index contributed by atoms with van der Waals surface area (Å²) in [6.45, 7) is 0.445. The SMILES string of the molecule is O=C(NCC1CCCC(O)C1)Nc1cc(F)cc(F)c1. The molecule has 2 unspecified atom stereocenters. The van der Waals surface area contributed by atoms with E-state index in [2.05, 4.69) is 10.6 Å².